The van der Waals surface area contributed by atoms with Crippen molar-refractivity contribution in [2.24, 2.45) is 11.3 Å². The zero-order valence-corrected chi connectivity index (χ0v) is 12.4. The Hall–Kier alpha value is -0.720. The van der Waals surface area contributed by atoms with Crippen LogP contribution in [0.4, 0.5) is 0 Å². The molecule has 1 atom stereocenters. The molecule has 0 saturated carbocycles. The van der Waals surface area contributed by atoms with Gasteiger partial charge in [0.05, 0.1) is 0 Å². The van der Waals surface area contributed by atoms with Crippen molar-refractivity contribution in [3.05, 3.63) is 23.4 Å². The number of hydrogen-bond acceptors (Lipinski definition) is 1. The second-order valence-corrected chi connectivity index (χ2v) is 6.01. The van der Waals surface area contributed by atoms with Crippen LogP contribution in [0.15, 0.2) is 23.4 Å². The van der Waals surface area contributed by atoms with Crippen LogP contribution in [0.2, 0.25) is 0 Å². The highest BCUT2D eigenvalue weighted by Gasteiger charge is 2.22. The van der Waals surface area contributed by atoms with Crippen molar-refractivity contribution in [2.45, 2.75) is 48.5 Å². The molecule has 0 saturated heterocycles. The van der Waals surface area contributed by atoms with Gasteiger partial charge in [0.15, 0.2) is 0 Å². The van der Waals surface area contributed by atoms with Crippen LogP contribution in [-0.4, -0.2) is 18.5 Å². The van der Waals surface area contributed by atoms with Gasteiger partial charge < -0.3 is 4.90 Å². The van der Waals surface area contributed by atoms with Gasteiger partial charge in [-0.15, -0.1) is 0 Å². The van der Waals surface area contributed by atoms with Crippen LogP contribution in [0, 0.1) is 11.3 Å². The molecule has 0 aliphatic rings. The lowest BCUT2D eigenvalue weighted by molar-refractivity contribution is 0.300. The predicted molar refractivity (Wildman–Crippen MR) is 74.4 cm³/mol. The zero-order chi connectivity index (χ0) is 12.9. The highest BCUT2D eigenvalue weighted by atomic mass is 15.1. The Morgan fingerprint density at radius 1 is 1.25 bits per heavy atom. The lowest BCUT2D eigenvalue weighted by Crippen LogP contribution is -2.21. The summed E-state index contributed by atoms with van der Waals surface area (Å²) in [4.78, 5) is 2.25. The smallest absolute Gasteiger partial charge is 0.0140 e. The highest BCUT2D eigenvalue weighted by molar-refractivity contribution is 5.25. The Morgan fingerprint density at radius 2 is 1.75 bits per heavy atom. The molecule has 16 heavy (non-hydrogen) atoms. The van der Waals surface area contributed by atoms with Gasteiger partial charge in [-0.1, -0.05) is 39.3 Å². The minimum Gasteiger partial charge on any atom is -0.380 e. The molecule has 0 amide bonds. The first-order valence-electron chi connectivity index (χ1n) is 6.25. The van der Waals surface area contributed by atoms with Gasteiger partial charge in [-0.3, -0.25) is 0 Å². The molecule has 0 spiro atoms. The molecule has 0 fully saturated rings. The third-order valence-corrected chi connectivity index (χ3v) is 3.12. The van der Waals surface area contributed by atoms with Gasteiger partial charge >= 0.3 is 0 Å². The Bertz CT molecular complexity index is 262. The first kappa shape index (κ1) is 15.3. The van der Waals surface area contributed by atoms with Crippen molar-refractivity contribution in [3.8, 4) is 0 Å². The number of rotatable bonds is 4. The number of allylic oxidation sites excluding steroid dienone is 3. The van der Waals surface area contributed by atoms with Crippen molar-refractivity contribution >= 4 is 0 Å². The summed E-state index contributed by atoms with van der Waals surface area (Å²) in [6.45, 7) is 16.8. The van der Waals surface area contributed by atoms with Gasteiger partial charge in [-0.05, 0) is 37.7 Å². The maximum absolute atomic E-state index is 2.31. The molecule has 0 rings (SSSR count). The maximum Gasteiger partial charge on any atom is 0.0140 e. The van der Waals surface area contributed by atoms with Crippen molar-refractivity contribution in [1.82, 2.24) is 4.90 Å². The van der Waals surface area contributed by atoms with E-state index in [0.29, 0.717) is 11.3 Å². The predicted octanol–water partition coefficient (Wildman–Crippen LogP) is 4.47. The second-order valence-electron chi connectivity index (χ2n) is 6.01. The number of nitrogens with zero attached hydrogens (tertiary/aromatic N) is 1. The average molecular weight is 223 g/mol. The van der Waals surface area contributed by atoms with E-state index in [1.165, 1.54) is 11.1 Å². The van der Waals surface area contributed by atoms with Crippen LogP contribution in [0.3, 0.4) is 0 Å². The molecule has 0 aromatic rings. The fourth-order valence-electron chi connectivity index (χ4n) is 1.45. The lowest BCUT2D eigenvalue weighted by Gasteiger charge is -2.29. The molecule has 0 aliphatic carbocycles. The largest absolute Gasteiger partial charge is 0.380 e. The van der Waals surface area contributed by atoms with Crippen molar-refractivity contribution < 1.29 is 0 Å². The number of hydrogen-bond donors (Lipinski definition) is 0. The van der Waals surface area contributed by atoms with Crippen LogP contribution < -0.4 is 0 Å². The fourth-order valence-corrected chi connectivity index (χ4v) is 1.45. The van der Waals surface area contributed by atoms with E-state index in [-0.39, 0.29) is 0 Å². The van der Waals surface area contributed by atoms with E-state index in [2.05, 4.69) is 72.7 Å². The van der Waals surface area contributed by atoms with E-state index in [9.17, 15) is 0 Å². The highest BCUT2D eigenvalue weighted by Crippen LogP contribution is 2.32. The monoisotopic (exact) mass is 223 g/mol. The molecule has 94 valence electrons. The molecule has 0 radical (unpaired) electrons. The summed E-state index contributed by atoms with van der Waals surface area (Å²) in [5.41, 5.74) is 3.11. The minimum absolute atomic E-state index is 0.312. The Morgan fingerprint density at radius 3 is 2.06 bits per heavy atom. The molecule has 1 heteroatoms. The molecule has 1 nitrogen and oxygen atoms in total. The zero-order valence-electron chi connectivity index (χ0n) is 12.4. The molecular formula is C15H29N. The summed E-state index contributed by atoms with van der Waals surface area (Å²) >= 11 is 0. The normalized spacial score (nSPS) is 14.6. The minimum atomic E-state index is 0.312. The van der Waals surface area contributed by atoms with E-state index < -0.39 is 0 Å². The van der Waals surface area contributed by atoms with Crippen molar-refractivity contribution in [2.75, 3.05) is 13.6 Å². The molecule has 0 heterocycles. The topological polar surface area (TPSA) is 3.24 Å². The van der Waals surface area contributed by atoms with Gasteiger partial charge in [0.25, 0.3) is 0 Å². The summed E-state index contributed by atoms with van der Waals surface area (Å²) in [5.74, 6) is 0.566. The quantitative estimate of drug-likeness (QED) is 0.636. The fraction of sp³-hybridized carbons (Fsp3) is 0.733. The maximum atomic E-state index is 2.31. The van der Waals surface area contributed by atoms with E-state index in [1.807, 2.05) is 0 Å². The average Bonchev–Trinajstić information content (AvgIpc) is 2.13. The Balaban J connectivity index is 5.11. The van der Waals surface area contributed by atoms with E-state index in [0.717, 1.165) is 6.54 Å². The van der Waals surface area contributed by atoms with Crippen LogP contribution in [0.25, 0.3) is 0 Å². The summed E-state index contributed by atoms with van der Waals surface area (Å²) < 4.78 is 0. The second kappa shape index (κ2) is 6.12. The third kappa shape index (κ3) is 5.39. The molecule has 0 aromatic heterocycles. The molecular weight excluding hydrogens is 194 g/mol. The van der Waals surface area contributed by atoms with E-state index >= 15 is 0 Å². The van der Waals surface area contributed by atoms with E-state index in [1.54, 1.807) is 0 Å². The van der Waals surface area contributed by atoms with Gasteiger partial charge in [-0.25, -0.2) is 0 Å². The van der Waals surface area contributed by atoms with Crippen LogP contribution in [-0.2, 0) is 0 Å². The Kier molecular flexibility index (Phi) is 5.85. The summed E-state index contributed by atoms with van der Waals surface area (Å²) in [7, 11) is 2.13. The molecule has 0 aliphatic heterocycles. The first-order valence-corrected chi connectivity index (χ1v) is 6.25. The van der Waals surface area contributed by atoms with Crippen LogP contribution >= 0.6 is 0 Å². The molecule has 0 bridgehead atoms. The third-order valence-electron chi connectivity index (χ3n) is 3.12. The van der Waals surface area contributed by atoms with Gasteiger partial charge in [0.1, 0.15) is 0 Å². The van der Waals surface area contributed by atoms with Crippen LogP contribution in [0.5, 0.6) is 0 Å². The van der Waals surface area contributed by atoms with Gasteiger partial charge in [-0.2, -0.15) is 0 Å². The van der Waals surface area contributed by atoms with Crippen LogP contribution in [0.1, 0.15) is 48.5 Å². The van der Waals surface area contributed by atoms with Crippen molar-refractivity contribution in [1.29, 1.82) is 0 Å². The summed E-state index contributed by atoms with van der Waals surface area (Å²) in [6, 6.07) is 0. The molecule has 1 unspecified atom stereocenters. The lowest BCUT2D eigenvalue weighted by atomic mass is 9.77. The summed E-state index contributed by atoms with van der Waals surface area (Å²) in [6.07, 6.45) is 4.59. The van der Waals surface area contributed by atoms with E-state index in [4.69, 9.17) is 0 Å². The first-order chi connectivity index (χ1) is 7.18. The molecule has 0 aromatic carbocycles. The van der Waals surface area contributed by atoms with Gasteiger partial charge in [0.2, 0.25) is 0 Å². The molecule has 0 N–H and O–H groups in total. The Labute approximate surface area is 102 Å². The van der Waals surface area contributed by atoms with Crippen molar-refractivity contribution in [3.63, 3.8) is 0 Å². The van der Waals surface area contributed by atoms with Gasteiger partial charge in [0, 0.05) is 19.8 Å². The SMILES string of the molecule is CCN(C)/C=C(/C=C(C)C)C(C)C(C)(C)C. The summed E-state index contributed by atoms with van der Waals surface area (Å²) in [5, 5.41) is 0. The standard InChI is InChI=1S/C15H29N/c1-9-16(8)11-14(10-12(2)3)13(4)15(5,6)7/h10-11,13H,9H2,1-8H3/b14-11-.